The van der Waals surface area contributed by atoms with Crippen LogP contribution in [0.15, 0.2) is 42.5 Å². The summed E-state index contributed by atoms with van der Waals surface area (Å²) in [5, 5.41) is 0.934. The molecule has 0 aliphatic carbocycles. The van der Waals surface area contributed by atoms with Gasteiger partial charge < -0.3 is 19.3 Å². The Kier molecular flexibility index (Phi) is 4.61. The van der Waals surface area contributed by atoms with Gasteiger partial charge in [0, 0.05) is 32.2 Å². The number of fused-ring (bicyclic) bond motifs is 1. The molecule has 0 fully saturated rings. The van der Waals surface area contributed by atoms with Gasteiger partial charge >= 0.3 is 0 Å². The molecule has 0 atom stereocenters. The van der Waals surface area contributed by atoms with Crippen LogP contribution in [0.2, 0.25) is 0 Å². The van der Waals surface area contributed by atoms with Gasteiger partial charge in [-0.3, -0.25) is 0 Å². The molecular weight excluding hydrogens is 316 g/mol. The Morgan fingerprint density at radius 1 is 0.800 bits per heavy atom. The standard InChI is InChI=1S/C19H22N4O2/c1-22(2)19-20-17-11-10-15(25-5)12-16(17)18(21-19)23(3)13-6-8-14(24-4)9-7-13/h6-12H,1-5H3. The van der Waals surface area contributed by atoms with Crippen molar-refractivity contribution >= 4 is 28.4 Å². The lowest BCUT2D eigenvalue weighted by molar-refractivity contribution is 0.415. The molecule has 1 aromatic heterocycles. The van der Waals surface area contributed by atoms with E-state index in [1.54, 1.807) is 14.2 Å². The van der Waals surface area contributed by atoms with E-state index >= 15 is 0 Å². The lowest BCUT2D eigenvalue weighted by Gasteiger charge is -2.22. The smallest absolute Gasteiger partial charge is 0.227 e. The minimum atomic E-state index is 0.660. The van der Waals surface area contributed by atoms with Crippen LogP contribution in [0, 0.1) is 0 Å². The van der Waals surface area contributed by atoms with Crippen LogP contribution in [0.4, 0.5) is 17.5 Å². The Bertz CT molecular complexity index is 878. The van der Waals surface area contributed by atoms with Gasteiger partial charge in [-0.15, -0.1) is 0 Å². The fourth-order valence-electron chi connectivity index (χ4n) is 2.59. The zero-order valence-electron chi connectivity index (χ0n) is 15.1. The Morgan fingerprint density at radius 2 is 1.44 bits per heavy atom. The normalized spacial score (nSPS) is 10.6. The first-order valence-electron chi connectivity index (χ1n) is 7.94. The molecule has 0 unspecified atom stereocenters. The maximum absolute atomic E-state index is 5.37. The Labute approximate surface area is 147 Å². The summed E-state index contributed by atoms with van der Waals surface area (Å²) >= 11 is 0. The first kappa shape index (κ1) is 16.8. The molecule has 0 bridgehead atoms. The van der Waals surface area contributed by atoms with Gasteiger partial charge in [-0.05, 0) is 42.5 Å². The number of hydrogen-bond donors (Lipinski definition) is 0. The average molecular weight is 338 g/mol. The van der Waals surface area contributed by atoms with Gasteiger partial charge in [0.25, 0.3) is 0 Å². The van der Waals surface area contributed by atoms with Gasteiger partial charge in [0.1, 0.15) is 17.3 Å². The van der Waals surface area contributed by atoms with Gasteiger partial charge in [-0.1, -0.05) is 0 Å². The lowest BCUT2D eigenvalue weighted by Crippen LogP contribution is -2.17. The summed E-state index contributed by atoms with van der Waals surface area (Å²) in [6.45, 7) is 0. The molecule has 0 saturated carbocycles. The van der Waals surface area contributed by atoms with E-state index < -0.39 is 0 Å². The van der Waals surface area contributed by atoms with Crippen molar-refractivity contribution < 1.29 is 9.47 Å². The molecule has 2 aromatic carbocycles. The van der Waals surface area contributed by atoms with Crippen molar-refractivity contribution in [3.8, 4) is 11.5 Å². The van der Waals surface area contributed by atoms with Crippen molar-refractivity contribution in [3.63, 3.8) is 0 Å². The van der Waals surface area contributed by atoms with Crippen molar-refractivity contribution in [2.24, 2.45) is 0 Å². The fraction of sp³-hybridized carbons (Fsp3) is 0.263. The van der Waals surface area contributed by atoms with Crippen LogP contribution in [0.5, 0.6) is 11.5 Å². The second kappa shape index (κ2) is 6.84. The van der Waals surface area contributed by atoms with Crippen LogP contribution in [0.1, 0.15) is 0 Å². The maximum atomic E-state index is 5.37. The molecule has 0 radical (unpaired) electrons. The quantitative estimate of drug-likeness (QED) is 0.710. The summed E-state index contributed by atoms with van der Waals surface area (Å²) in [5.41, 5.74) is 1.88. The summed E-state index contributed by atoms with van der Waals surface area (Å²) in [4.78, 5) is 13.3. The third-order valence-corrected chi connectivity index (χ3v) is 4.05. The number of nitrogens with zero attached hydrogens (tertiary/aromatic N) is 4. The second-order valence-corrected chi connectivity index (χ2v) is 5.88. The Balaban J connectivity index is 2.16. The molecular formula is C19H22N4O2. The number of benzene rings is 2. The zero-order chi connectivity index (χ0) is 18.0. The minimum absolute atomic E-state index is 0.660. The van der Waals surface area contributed by atoms with E-state index in [4.69, 9.17) is 14.5 Å². The van der Waals surface area contributed by atoms with Crippen molar-refractivity contribution in [1.29, 1.82) is 0 Å². The van der Waals surface area contributed by atoms with E-state index in [1.165, 1.54) is 0 Å². The number of anilines is 3. The van der Waals surface area contributed by atoms with Crippen molar-refractivity contribution in [2.75, 3.05) is 45.2 Å². The topological polar surface area (TPSA) is 50.7 Å². The largest absolute Gasteiger partial charge is 0.497 e. The van der Waals surface area contributed by atoms with Crippen LogP contribution in [-0.4, -0.2) is 45.3 Å². The molecule has 3 rings (SSSR count). The van der Waals surface area contributed by atoms with Crippen molar-refractivity contribution in [1.82, 2.24) is 9.97 Å². The van der Waals surface area contributed by atoms with Crippen LogP contribution in [-0.2, 0) is 0 Å². The number of methoxy groups -OCH3 is 2. The Morgan fingerprint density at radius 3 is 2.04 bits per heavy atom. The van der Waals surface area contributed by atoms with Crippen LogP contribution >= 0.6 is 0 Å². The van der Waals surface area contributed by atoms with Gasteiger partial charge in [-0.2, -0.15) is 4.98 Å². The summed E-state index contributed by atoms with van der Waals surface area (Å²) in [5.74, 6) is 3.07. The number of hydrogen-bond acceptors (Lipinski definition) is 6. The summed E-state index contributed by atoms with van der Waals surface area (Å²) in [6.07, 6.45) is 0. The van der Waals surface area contributed by atoms with Crippen LogP contribution in [0.25, 0.3) is 10.9 Å². The van der Waals surface area contributed by atoms with E-state index in [0.717, 1.165) is 33.9 Å². The van der Waals surface area contributed by atoms with Crippen molar-refractivity contribution in [3.05, 3.63) is 42.5 Å². The van der Waals surface area contributed by atoms with Gasteiger partial charge in [-0.25, -0.2) is 4.98 Å². The predicted octanol–water partition coefficient (Wildman–Crippen LogP) is 3.48. The first-order chi connectivity index (χ1) is 12.0. The monoisotopic (exact) mass is 338 g/mol. The van der Waals surface area contributed by atoms with E-state index in [-0.39, 0.29) is 0 Å². The third-order valence-electron chi connectivity index (χ3n) is 4.05. The zero-order valence-corrected chi connectivity index (χ0v) is 15.1. The lowest BCUT2D eigenvalue weighted by atomic mass is 10.2. The molecule has 25 heavy (non-hydrogen) atoms. The second-order valence-electron chi connectivity index (χ2n) is 5.88. The van der Waals surface area contributed by atoms with Gasteiger partial charge in [0.15, 0.2) is 0 Å². The van der Waals surface area contributed by atoms with Crippen LogP contribution in [0.3, 0.4) is 0 Å². The highest BCUT2D eigenvalue weighted by atomic mass is 16.5. The highest BCUT2D eigenvalue weighted by molar-refractivity contribution is 5.93. The van der Waals surface area contributed by atoms with Gasteiger partial charge in [0.2, 0.25) is 5.95 Å². The van der Waals surface area contributed by atoms with E-state index in [2.05, 4.69) is 4.98 Å². The molecule has 0 amide bonds. The highest BCUT2D eigenvalue weighted by Gasteiger charge is 2.15. The average Bonchev–Trinajstić information content (AvgIpc) is 2.66. The fourth-order valence-corrected chi connectivity index (χ4v) is 2.59. The Hall–Kier alpha value is -3.02. The number of aromatic nitrogens is 2. The number of rotatable bonds is 5. The summed E-state index contributed by atoms with van der Waals surface area (Å²) in [6, 6.07) is 13.7. The molecule has 0 spiro atoms. The van der Waals surface area contributed by atoms with Crippen LogP contribution < -0.4 is 19.3 Å². The van der Waals surface area contributed by atoms with E-state index in [0.29, 0.717) is 5.95 Å². The first-order valence-corrected chi connectivity index (χ1v) is 7.94. The maximum Gasteiger partial charge on any atom is 0.227 e. The molecule has 0 saturated heterocycles. The summed E-state index contributed by atoms with van der Waals surface area (Å²) < 4.78 is 10.6. The summed E-state index contributed by atoms with van der Waals surface area (Å²) in [7, 11) is 9.17. The third kappa shape index (κ3) is 3.28. The van der Waals surface area contributed by atoms with Gasteiger partial charge in [0.05, 0.1) is 19.7 Å². The molecule has 130 valence electrons. The molecule has 6 nitrogen and oxygen atoms in total. The van der Waals surface area contributed by atoms with E-state index in [1.807, 2.05) is 73.4 Å². The molecule has 6 heteroatoms. The highest BCUT2D eigenvalue weighted by Crippen LogP contribution is 2.33. The van der Waals surface area contributed by atoms with E-state index in [9.17, 15) is 0 Å². The molecule has 3 aromatic rings. The van der Waals surface area contributed by atoms with Crippen molar-refractivity contribution in [2.45, 2.75) is 0 Å². The minimum Gasteiger partial charge on any atom is -0.497 e. The number of ether oxygens (including phenoxy) is 2. The molecule has 0 aliphatic rings. The SMILES string of the molecule is COc1ccc(N(C)c2nc(N(C)C)nc3ccc(OC)cc23)cc1. The molecule has 0 N–H and O–H groups in total. The molecule has 1 heterocycles. The predicted molar refractivity (Wildman–Crippen MR) is 101 cm³/mol. The molecule has 0 aliphatic heterocycles.